The molecule has 9 heteroatoms. The van der Waals surface area contributed by atoms with Crippen LogP contribution in [-0.2, 0) is 21.2 Å². The number of benzene rings is 1. The van der Waals surface area contributed by atoms with E-state index in [0.29, 0.717) is 12.2 Å². The standard InChI is InChI=1S/C14H18F3NO4S/c1-21-12-4-2-11(3-5-12)8-13-9-18(6-7-22-13)23(19,20)10-14(15,16)17/h2-5,13H,6-10H2,1H3. The van der Waals surface area contributed by atoms with Crippen molar-refractivity contribution in [3.8, 4) is 5.75 Å². The number of alkyl halides is 3. The Morgan fingerprint density at radius 3 is 2.52 bits per heavy atom. The second kappa shape index (κ2) is 7.06. The Hall–Kier alpha value is -1.32. The molecule has 1 aromatic carbocycles. The van der Waals surface area contributed by atoms with Crippen LogP contribution >= 0.6 is 0 Å². The molecule has 1 heterocycles. The van der Waals surface area contributed by atoms with Gasteiger partial charge >= 0.3 is 6.18 Å². The third-order valence-corrected chi connectivity index (χ3v) is 5.27. The van der Waals surface area contributed by atoms with Crippen LogP contribution in [0.25, 0.3) is 0 Å². The van der Waals surface area contributed by atoms with Crippen LogP contribution in [0.15, 0.2) is 24.3 Å². The van der Waals surface area contributed by atoms with Gasteiger partial charge < -0.3 is 9.47 Å². The largest absolute Gasteiger partial charge is 0.497 e. The minimum atomic E-state index is -4.75. The average molecular weight is 353 g/mol. The number of ether oxygens (including phenoxy) is 2. The van der Waals surface area contributed by atoms with Gasteiger partial charge in [0.2, 0.25) is 10.0 Å². The zero-order valence-corrected chi connectivity index (χ0v) is 13.4. The molecule has 1 aliphatic heterocycles. The van der Waals surface area contributed by atoms with Gasteiger partial charge in [0.05, 0.1) is 19.8 Å². The van der Waals surface area contributed by atoms with Crippen molar-refractivity contribution in [1.82, 2.24) is 4.31 Å². The number of nitrogens with zero attached hydrogens (tertiary/aromatic N) is 1. The Morgan fingerprint density at radius 1 is 1.30 bits per heavy atom. The lowest BCUT2D eigenvalue weighted by Gasteiger charge is -2.32. The summed E-state index contributed by atoms with van der Waals surface area (Å²) in [5.41, 5.74) is 0.894. The average Bonchev–Trinajstić information content (AvgIpc) is 2.46. The fourth-order valence-corrected chi connectivity index (χ4v) is 3.73. The van der Waals surface area contributed by atoms with Crippen molar-refractivity contribution >= 4 is 10.0 Å². The fourth-order valence-electron chi connectivity index (χ4n) is 2.39. The Bertz CT molecular complexity index is 616. The van der Waals surface area contributed by atoms with Crippen molar-refractivity contribution in [2.45, 2.75) is 18.7 Å². The van der Waals surface area contributed by atoms with E-state index in [9.17, 15) is 21.6 Å². The first-order valence-corrected chi connectivity index (χ1v) is 8.59. The van der Waals surface area contributed by atoms with Gasteiger partial charge in [-0.05, 0) is 24.1 Å². The molecule has 5 nitrogen and oxygen atoms in total. The summed E-state index contributed by atoms with van der Waals surface area (Å²) in [6, 6.07) is 7.14. The number of hydrogen-bond donors (Lipinski definition) is 0. The molecule has 0 radical (unpaired) electrons. The molecule has 1 atom stereocenters. The molecule has 1 fully saturated rings. The third kappa shape index (κ3) is 5.36. The molecule has 0 saturated carbocycles. The zero-order valence-electron chi connectivity index (χ0n) is 12.5. The predicted molar refractivity (Wildman–Crippen MR) is 77.9 cm³/mol. The molecule has 130 valence electrons. The summed E-state index contributed by atoms with van der Waals surface area (Å²) < 4.78 is 72.1. The van der Waals surface area contributed by atoms with E-state index in [2.05, 4.69) is 0 Å². The summed E-state index contributed by atoms with van der Waals surface area (Å²) in [5.74, 6) is -1.15. The summed E-state index contributed by atoms with van der Waals surface area (Å²) in [7, 11) is -2.82. The van der Waals surface area contributed by atoms with E-state index in [0.717, 1.165) is 9.87 Å². The van der Waals surface area contributed by atoms with Crippen LogP contribution in [0.1, 0.15) is 5.56 Å². The highest BCUT2D eigenvalue weighted by Gasteiger charge is 2.40. The molecule has 23 heavy (non-hydrogen) atoms. The molecule has 0 amide bonds. The van der Waals surface area contributed by atoms with Crippen molar-refractivity contribution in [3.63, 3.8) is 0 Å². The van der Waals surface area contributed by atoms with Gasteiger partial charge in [-0.2, -0.15) is 17.5 Å². The molecule has 1 aromatic rings. The summed E-state index contributed by atoms with van der Waals surface area (Å²) in [5, 5.41) is 0. The Balaban J connectivity index is 2.00. The smallest absolute Gasteiger partial charge is 0.404 e. The van der Waals surface area contributed by atoms with Gasteiger partial charge in [-0.25, -0.2) is 8.42 Å². The number of sulfonamides is 1. The molecule has 0 spiro atoms. The second-order valence-electron chi connectivity index (χ2n) is 5.27. The summed E-state index contributed by atoms with van der Waals surface area (Å²) in [6.07, 6.45) is -4.80. The first kappa shape index (κ1) is 18.0. The summed E-state index contributed by atoms with van der Waals surface area (Å²) >= 11 is 0. The number of hydrogen-bond acceptors (Lipinski definition) is 4. The normalized spacial score (nSPS) is 20.4. The Morgan fingerprint density at radius 2 is 1.96 bits per heavy atom. The van der Waals surface area contributed by atoms with Crippen molar-refractivity contribution in [2.75, 3.05) is 32.6 Å². The van der Waals surface area contributed by atoms with Crippen LogP contribution in [0.5, 0.6) is 5.75 Å². The molecule has 0 bridgehead atoms. The highest BCUT2D eigenvalue weighted by molar-refractivity contribution is 7.89. The van der Waals surface area contributed by atoms with Gasteiger partial charge in [-0.3, -0.25) is 0 Å². The van der Waals surface area contributed by atoms with Crippen LogP contribution in [0, 0.1) is 0 Å². The van der Waals surface area contributed by atoms with Crippen molar-refractivity contribution in [1.29, 1.82) is 0 Å². The van der Waals surface area contributed by atoms with Gasteiger partial charge in [0.25, 0.3) is 0 Å². The number of methoxy groups -OCH3 is 1. The Kier molecular flexibility index (Phi) is 5.53. The van der Waals surface area contributed by atoms with E-state index >= 15 is 0 Å². The summed E-state index contributed by atoms with van der Waals surface area (Å²) in [4.78, 5) is 0. The SMILES string of the molecule is COc1ccc(CC2CN(S(=O)(=O)CC(F)(F)F)CCO2)cc1. The van der Waals surface area contributed by atoms with E-state index < -0.39 is 28.1 Å². The zero-order chi connectivity index (χ0) is 17.1. The van der Waals surface area contributed by atoms with E-state index in [1.807, 2.05) is 12.1 Å². The Labute approximate surface area is 133 Å². The third-order valence-electron chi connectivity index (χ3n) is 3.46. The van der Waals surface area contributed by atoms with E-state index in [4.69, 9.17) is 9.47 Å². The van der Waals surface area contributed by atoms with Crippen LogP contribution in [0.3, 0.4) is 0 Å². The lowest BCUT2D eigenvalue weighted by molar-refractivity contribution is -0.107. The monoisotopic (exact) mass is 353 g/mol. The molecule has 0 aromatic heterocycles. The predicted octanol–water partition coefficient (Wildman–Crippen LogP) is 1.83. The molecule has 2 rings (SSSR count). The van der Waals surface area contributed by atoms with Crippen molar-refractivity contribution < 1.29 is 31.1 Å². The van der Waals surface area contributed by atoms with Crippen LogP contribution in [-0.4, -0.2) is 57.6 Å². The second-order valence-corrected chi connectivity index (χ2v) is 7.24. The lowest BCUT2D eigenvalue weighted by Crippen LogP contribution is -2.48. The molecule has 1 aliphatic rings. The summed E-state index contributed by atoms with van der Waals surface area (Å²) in [6.45, 7) is -0.0557. The minimum absolute atomic E-state index is 0.0580. The van der Waals surface area contributed by atoms with Crippen molar-refractivity contribution in [2.24, 2.45) is 0 Å². The maximum absolute atomic E-state index is 12.4. The molecule has 1 saturated heterocycles. The van der Waals surface area contributed by atoms with E-state index in [1.54, 1.807) is 19.2 Å². The lowest BCUT2D eigenvalue weighted by atomic mass is 10.1. The maximum Gasteiger partial charge on any atom is 0.404 e. The van der Waals surface area contributed by atoms with Crippen molar-refractivity contribution in [3.05, 3.63) is 29.8 Å². The maximum atomic E-state index is 12.4. The number of morpholine rings is 1. The molecule has 0 N–H and O–H groups in total. The van der Waals surface area contributed by atoms with Gasteiger partial charge in [0.15, 0.2) is 5.75 Å². The fraction of sp³-hybridized carbons (Fsp3) is 0.571. The van der Waals surface area contributed by atoms with Gasteiger partial charge in [-0.1, -0.05) is 12.1 Å². The first-order valence-electron chi connectivity index (χ1n) is 6.99. The quantitative estimate of drug-likeness (QED) is 0.810. The van der Waals surface area contributed by atoms with E-state index in [-0.39, 0.29) is 19.7 Å². The van der Waals surface area contributed by atoms with Crippen LogP contribution in [0.2, 0.25) is 0 Å². The highest BCUT2D eigenvalue weighted by atomic mass is 32.2. The highest BCUT2D eigenvalue weighted by Crippen LogP contribution is 2.22. The van der Waals surface area contributed by atoms with Gasteiger partial charge in [0.1, 0.15) is 5.75 Å². The molecule has 1 unspecified atom stereocenters. The molecular formula is C14H18F3NO4S. The van der Waals surface area contributed by atoms with Gasteiger partial charge in [-0.15, -0.1) is 0 Å². The number of halogens is 3. The first-order chi connectivity index (χ1) is 10.7. The topological polar surface area (TPSA) is 55.8 Å². The number of rotatable bonds is 5. The molecular weight excluding hydrogens is 335 g/mol. The van der Waals surface area contributed by atoms with Gasteiger partial charge in [0, 0.05) is 13.1 Å². The van der Waals surface area contributed by atoms with Crippen LogP contribution in [0.4, 0.5) is 13.2 Å². The molecule has 0 aliphatic carbocycles. The van der Waals surface area contributed by atoms with Crippen LogP contribution < -0.4 is 4.74 Å². The van der Waals surface area contributed by atoms with E-state index in [1.165, 1.54) is 0 Å². The minimum Gasteiger partial charge on any atom is -0.497 e.